The number of para-hydroxylation sites is 2. The van der Waals surface area contributed by atoms with Gasteiger partial charge in [-0.05, 0) is 62.2 Å². The smallest absolute Gasteiger partial charge is 0.251 e. The molecule has 6 nitrogen and oxygen atoms in total. The average Bonchev–Trinajstić information content (AvgIpc) is 3.22. The predicted octanol–water partition coefficient (Wildman–Crippen LogP) is 6.05. The van der Waals surface area contributed by atoms with E-state index in [1.807, 2.05) is 49.4 Å². The van der Waals surface area contributed by atoms with Crippen LogP contribution in [0.25, 0.3) is 11.0 Å². The van der Waals surface area contributed by atoms with Gasteiger partial charge in [-0.15, -0.1) is 0 Å². The van der Waals surface area contributed by atoms with E-state index in [9.17, 15) is 4.79 Å². The molecule has 7 heteroatoms. The van der Waals surface area contributed by atoms with Gasteiger partial charge in [0.25, 0.3) is 5.91 Å². The molecule has 34 heavy (non-hydrogen) atoms. The van der Waals surface area contributed by atoms with E-state index in [0.717, 1.165) is 47.7 Å². The molecule has 1 heterocycles. The Morgan fingerprint density at radius 2 is 1.82 bits per heavy atom. The largest absolute Gasteiger partial charge is 0.497 e. The third-order valence-corrected chi connectivity index (χ3v) is 5.83. The van der Waals surface area contributed by atoms with Crippen LogP contribution in [-0.4, -0.2) is 29.2 Å². The van der Waals surface area contributed by atoms with Crippen LogP contribution in [0.2, 0.25) is 5.02 Å². The van der Waals surface area contributed by atoms with E-state index in [-0.39, 0.29) is 11.9 Å². The Labute approximate surface area is 204 Å². The highest BCUT2D eigenvalue weighted by molar-refractivity contribution is 6.30. The second-order valence-corrected chi connectivity index (χ2v) is 8.49. The maximum Gasteiger partial charge on any atom is 0.251 e. The minimum Gasteiger partial charge on any atom is -0.497 e. The third-order valence-electron chi connectivity index (χ3n) is 5.59. The maximum absolute atomic E-state index is 12.8. The number of carbonyl (C=O) groups excluding carboxylic acids is 1. The van der Waals surface area contributed by atoms with E-state index < -0.39 is 0 Å². The molecule has 176 valence electrons. The molecule has 3 aromatic carbocycles. The van der Waals surface area contributed by atoms with Crippen molar-refractivity contribution in [3.05, 3.63) is 89.2 Å². The van der Waals surface area contributed by atoms with Gasteiger partial charge in [-0.25, -0.2) is 4.98 Å². The van der Waals surface area contributed by atoms with Gasteiger partial charge in [0.05, 0.1) is 30.8 Å². The van der Waals surface area contributed by atoms with E-state index >= 15 is 0 Å². The number of nitrogens with one attached hydrogen (secondary N) is 1. The Morgan fingerprint density at radius 3 is 2.65 bits per heavy atom. The van der Waals surface area contributed by atoms with Crippen LogP contribution < -0.4 is 14.8 Å². The Bertz CT molecular complexity index is 1270. The fraction of sp³-hybridized carbons (Fsp3) is 0.259. The average molecular weight is 478 g/mol. The summed E-state index contributed by atoms with van der Waals surface area (Å²) in [7, 11) is 1.64. The molecular weight excluding hydrogens is 450 g/mol. The van der Waals surface area contributed by atoms with Gasteiger partial charge in [0.1, 0.15) is 17.3 Å². The molecule has 0 aliphatic carbocycles. The summed E-state index contributed by atoms with van der Waals surface area (Å²) < 4.78 is 13.3. The lowest BCUT2D eigenvalue weighted by Gasteiger charge is -2.17. The summed E-state index contributed by atoms with van der Waals surface area (Å²) in [6, 6.07) is 22.3. The molecule has 4 rings (SSSR count). The quantitative estimate of drug-likeness (QED) is 0.282. The van der Waals surface area contributed by atoms with Crippen molar-refractivity contribution >= 4 is 28.5 Å². The Hall–Kier alpha value is -3.51. The molecule has 4 aromatic rings. The Kier molecular flexibility index (Phi) is 7.70. The van der Waals surface area contributed by atoms with Gasteiger partial charge in [0.2, 0.25) is 0 Å². The van der Waals surface area contributed by atoms with Gasteiger partial charge < -0.3 is 19.4 Å². The summed E-state index contributed by atoms with van der Waals surface area (Å²) in [6.45, 7) is 3.33. The summed E-state index contributed by atoms with van der Waals surface area (Å²) in [6.07, 6.45) is 1.79. The van der Waals surface area contributed by atoms with Crippen molar-refractivity contribution in [1.82, 2.24) is 14.9 Å². The first-order valence-electron chi connectivity index (χ1n) is 11.3. The molecule has 1 atom stereocenters. The number of halogens is 1. The number of amides is 1. The van der Waals surface area contributed by atoms with Crippen molar-refractivity contribution < 1.29 is 14.3 Å². The molecule has 1 unspecified atom stereocenters. The lowest BCUT2D eigenvalue weighted by Crippen LogP contribution is -2.28. The molecule has 0 bridgehead atoms. The molecule has 0 aliphatic rings. The number of methoxy groups -OCH3 is 1. The summed E-state index contributed by atoms with van der Waals surface area (Å²) >= 11 is 6.05. The molecule has 0 fully saturated rings. The van der Waals surface area contributed by atoms with Crippen LogP contribution >= 0.6 is 11.6 Å². The topological polar surface area (TPSA) is 65.4 Å². The van der Waals surface area contributed by atoms with E-state index in [0.29, 0.717) is 17.2 Å². The van der Waals surface area contributed by atoms with E-state index in [1.165, 1.54) is 0 Å². The van der Waals surface area contributed by atoms with Crippen molar-refractivity contribution in [3.63, 3.8) is 0 Å². The van der Waals surface area contributed by atoms with Gasteiger partial charge in [0.15, 0.2) is 0 Å². The summed E-state index contributed by atoms with van der Waals surface area (Å²) in [5, 5.41) is 3.59. The Morgan fingerprint density at radius 1 is 1.03 bits per heavy atom. The molecule has 0 aliphatic heterocycles. The fourth-order valence-electron chi connectivity index (χ4n) is 3.89. The zero-order chi connectivity index (χ0) is 23.9. The minimum atomic E-state index is -0.271. The van der Waals surface area contributed by atoms with E-state index in [4.69, 9.17) is 26.1 Å². The number of fused-ring (bicyclic) bond motifs is 1. The van der Waals surface area contributed by atoms with Gasteiger partial charge in [-0.1, -0.05) is 35.9 Å². The molecule has 0 saturated carbocycles. The SMILES string of the molecule is COc1cccc(OCCCCn2c(C(C)NC(=O)c3cccc(Cl)c3)nc3ccccc32)c1. The van der Waals surface area contributed by atoms with Crippen LogP contribution in [-0.2, 0) is 6.54 Å². The molecular formula is C27H28ClN3O3. The number of hydrogen-bond donors (Lipinski definition) is 1. The molecule has 0 radical (unpaired) electrons. The van der Waals surface area contributed by atoms with Crippen LogP contribution in [0.4, 0.5) is 0 Å². The number of hydrogen-bond acceptors (Lipinski definition) is 4. The van der Waals surface area contributed by atoms with Gasteiger partial charge in [-0.3, -0.25) is 4.79 Å². The van der Waals surface area contributed by atoms with Crippen LogP contribution in [0, 0.1) is 0 Å². The maximum atomic E-state index is 12.8. The number of imidazole rings is 1. The van der Waals surface area contributed by atoms with Crippen molar-refractivity contribution in [3.8, 4) is 11.5 Å². The second kappa shape index (κ2) is 11.1. The van der Waals surface area contributed by atoms with Crippen LogP contribution in [0.15, 0.2) is 72.8 Å². The monoisotopic (exact) mass is 477 g/mol. The van der Waals surface area contributed by atoms with E-state index in [2.05, 4.69) is 16.0 Å². The van der Waals surface area contributed by atoms with Crippen molar-refractivity contribution in [1.29, 1.82) is 0 Å². The number of aryl methyl sites for hydroxylation is 1. The first-order chi connectivity index (χ1) is 16.5. The number of aromatic nitrogens is 2. The lowest BCUT2D eigenvalue weighted by molar-refractivity contribution is 0.0937. The zero-order valence-corrected chi connectivity index (χ0v) is 20.1. The van der Waals surface area contributed by atoms with Gasteiger partial charge in [0, 0.05) is 23.2 Å². The van der Waals surface area contributed by atoms with Crippen LogP contribution in [0.1, 0.15) is 42.0 Å². The summed E-state index contributed by atoms with van der Waals surface area (Å²) in [4.78, 5) is 17.6. The number of rotatable bonds is 10. The minimum absolute atomic E-state index is 0.180. The molecule has 0 saturated heterocycles. The van der Waals surface area contributed by atoms with Crippen LogP contribution in [0.3, 0.4) is 0 Å². The van der Waals surface area contributed by atoms with Crippen molar-refractivity contribution in [2.75, 3.05) is 13.7 Å². The Balaban J connectivity index is 1.41. The standard InChI is InChI=1S/C27H28ClN3O3/c1-19(29-27(32)20-9-7-10-21(28)17-20)26-30-24-13-3-4-14-25(24)31(26)15-5-6-16-34-23-12-8-11-22(18-23)33-2/h3-4,7-14,17-19H,5-6,15-16H2,1-2H3,(H,29,32). The second-order valence-electron chi connectivity index (χ2n) is 8.05. The summed E-state index contributed by atoms with van der Waals surface area (Å²) in [5.41, 5.74) is 2.49. The summed E-state index contributed by atoms with van der Waals surface area (Å²) in [5.74, 6) is 2.22. The molecule has 1 aromatic heterocycles. The van der Waals surface area contributed by atoms with Gasteiger partial charge >= 0.3 is 0 Å². The normalized spacial score (nSPS) is 11.9. The fourth-order valence-corrected chi connectivity index (χ4v) is 4.08. The van der Waals surface area contributed by atoms with Crippen molar-refractivity contribution in [2.24, 2.45) is 0 Å². The highest BCUT2D eigenvalue weighted by Crippen LogP contribution is 2.23. The van der Waals surface area contributed by atoms with E-state index in [1.54, 1.807) is 31.4 Å². The number of nitrogens with zero attached hydrogens (tertiary/aromatic N) is 2. The highest BCUT2D eigenvalue weighted by Gasteiger charge is 2.19. The lowest BCUT2D eigenvalue weighted by atomic mass is 10.2. The van der Waals surface area contributed by atoms with Gasteiger partial charge in [-0.2, -0.15) is 0 Å². The first-order valence-corrected chi connectivity index (χ1v) is 11.7. The van der Waals surface area contributed by atoms with Crippen molar-refractivity contribution in [2.45, 2.75) is 32.4 Å². The van der Waals surface area contributed by atoms with Crippen LogP contribution in [0.5, 0.6) is 11.5 Å². The third kappa shape index (κ3) is 5.69. The zero-order valence-electron chi connectivity index (χ0n) is 19.3. The highest BCUT2D eigenvalue weighted by atomic mass is 35.5. The molecule has 0 spiro atoms. The number of ether oxygens (including phenoxy) is 2. The number of benzene rings is 3. The number of unbranched alkanes of at least 4 members (excludes halogenated alkanes) is 1. The number of carbonyl (C=O) groups is 1. The first kappa shape index (κ1) is 23.6. The molecule has 1 N–H and O–H groups in total. The predicted molar refractivity (Wildman–Crippen MR) is 135 cm³/mol. The molecule has 1 amide bonds.